The maximum atomic E-state index is 5.37. The Morgan fingerprint density at radius 1 is 1.38 bits per heavy atom. The summed E-state index contributed by atoms with van der Waals surface area (Å²) in [6.45, 7) is 4.38. The van der Waals surface area contributed by atoms with Gasteiger partial charge in [-0.3, -0.25) is 4.99 Å². The molecule has 2 nitrogen and oxygen atoms in total. The number of aliphatic imine (C=N–C) groups is 1. The zero-order valence-corrected chi connectivity index (χ0v) is 11.4. The van der Waals surface area contributed by atoms with E-state index >= 15 is 0 Å². The van der Waals surface area contributed by atoms with Crippen LogP contribution in [0.2, 0.25) is 0 Å². The molecule has 0 fully saturated rings. The topological polar surface area (TPSA) is 21.6 Å². The molecular weight excluding hydrogens is 218 g/mol. The lowest BCUT2D eigenvalue weighted by Crippen LogP contribution is -2.01. The Balaban J connectivity index is 3.27. The highest BCUT2D eigenvalue weighted by atomic mass is 32.2. The molecule has 1 aromatic rings. The molecule has 1 rings (SSSR count). The molecule has 0 unspecified atom stereocenters. The van der Waals surface area contributed by atoms with Crippen LogP contribution >= 0.6 is 11.8 Å². The van der Waals surface area contributed by atoms with Crippen LogP contribution in [-0.4, -0.2) is 25.5 Å². The van der Waals surface area contributed by atoms with Crippen molar-refractivity contribution in [1.82, 2.24) is 0 Å². The smallest absolute Gasteiger partial charge is 0.128 e. The zero-order valence-electron chi connectivity index (χ0n) is 10.6. The third-order valence-electron chi connectivity index (χ3n) is 2.52. The standard InChI is InChI=1S/C13H19NOS/c1-9(2)10-6-7-12(15-4)11(8-10)13(14-3)16-5/h6-9H,1-5H3. The second kappa shape index (κ2) is 5.94. The first kappa shape index (κ1) is 13.1. The Kier molecular flexibility index (Phi) is 4.87. The minimum absolute atomic E-state index is 0.518. The summed E-state index contributed by atoms with van der Waals surface area (Å²) in [6, 6.07) is 6.30. The summed E-state index contributed by atoms with van der Waals surface area (Å²) in [5.41, 5.74) is 2.40. The number of rotatable bonds is 3. The van der Waals surface area contributed by atoms with Gasteiger partial charge in [0.1, 0.15) is 10.8 Å². The molecule has 3 heteroatoms. The first-order valence-electron chi connectivity index (χ1n) is 5.33. The van der Waals surface area contributed by atoms with E-state index in [2.05, 4.69) is 31.0 Å². The van der Waals surface area contributed by atoms with Crippen molar-refractivity contribution in [3.05, 3.63) is 29.3 Å². The average Bonchev–Trinajstić information content (AvgIpc) is 2.30. The van der Waals surface area contributed by atoms with Crippen LogP contribution in [0, 0.1) is 0 Å². The first-order valence-corrected chi connectivity index (χ1v) is 6.55. The van der Waals surface area contributed by atoms with E-state index in [4.69, 9.17) is 4.74 Å². The monoisotopic (exact) mass is 237 g/mol. The largest absolute Gasteiger partial charge is 0.496 e. The zero-order chi connectivity index (χ0) is 12.1. The molecule has 0 aliphatic heterocycles. The molecule has 0 N–H and O–H groups in total. The Morgan fingerprint density at radius 3 is 2.50 bits per heavy atom. The van der Waals surface area contributed by atoms with E-state index in [9.17, 15) is 0 Å². The highest BCUT2D eigenvalue weighted by Gasteiger charge is 2.11. The van der Waals surface area contributed by atoms with Crippen molar-refractivity contribution in [3.63, 3.8) is 0 Å². The summed E-state index contributed by atoms with van der Waals surface area (Å²) >= 11 is 1.64. The van der Waals surface area contributed by atoms with Crippen LogP contribution in [0.4, 0.5) is 0 Å². The van der Waals surface area contributed by atoms with Crippen molar-refractivity contribution in [3.8, 4) is 5.75 Å². The highest BCUT2D eigenvalue weighted by molar-refractivity contribution is 8.13. The van der Waals surface area contributed by atoms with E-state index in [1.165, 1.54) is 5.56 Å². The van der Waals surface area contributed by atoms with E-state index in [0.717, 1.165) is 16.4 Å². The van der Waals surface area contributed by atoms with Crippen LogP contribution in [0.15, 0.2) is 23.2 Å². The summed E-state index contributed by atoms with van der Waals surface area (Å²) in [4.78, 5) is 4.29. The molecule has 0 amide bonds. The average molecular weight is 237 g/mol. The van der Waals surface area contributed by atoms with Gasteiger partial charge in [0.05, 0.1) is 7.11 Å². The van der Waals surface area contributed by atoms with Crippen molar-refractivity contribution in [1.29, 1.82) is 0 Å². The molecule has 0 saturated heterocycles. The second-order valence-corrected chi connectivity index (χ2v) is 4.64. The fourth-order valence-electron chi connectivity index (χ4n) is 1.57. The number of methoxy groups -OCH3 is 1. The second-order valence-electron chi connectivity index (χ2n) is 3.85. The maximum absolute atomic E-state index is 5.37. The first-order chi connectivity index (χ1) is 7.63. The SMILES string of the molecule is CN=C(SC)c1cc(C(C)C)ccc1OC. The van der Waals surface area contributed by atoms with E-state index in [-0.39, 0.29) is 0 Å². The van der Waals surface area contributed by atoms with Gasteiger partial charge in [0.2, 0.25) is 0 Å². The minimum atomic E-state index is 0.518. The molecule has 0 aliphatic rings. The number of benzene rings is 1. The van der Waals surface area contributed by atoms with Gasteiger partial charge in [-0.05, 0) is 29.9 Å². The van der Waals surface area contributed by atoms with Crippen LogP contribution in [0.25, 0.3) is 0 Å². The maximum Gasteiger partial charge on any atom is 0.128 e. The van der Waals surface area contributed by atoms with E-state index in [1.54, 1.807) is 18.9 Å². The number of ether oxygens (including phenoxy) is 1. The third-order valence-corrected chi connectivity index (χ3v) is 3.31. The summed E-state index contributed by atoms with van der Waals surface area (Å²) in [5, 5.41) is 1.01. The highest BCUT2D eigenvalue weighted by Crippen LogP contribution is 2.27. The van der Waals surface area contributed by atoms with Gasteiger partial charge in [-0.25, -0.2) is 0 Å². The lowest BCUT2D eigenvalue weighted by Gasteiger charge is -2.13. The Morgan fingerprint density at radius 2 is 2.06 bits per heavy atom. The summed E-state index contributed by atoms with van der Waals surface area (Å²) in [7, 11) is 3.51. The quantitative estimate of drug-likeness (QED) is 0.592. The van der Waals surface area contributed by atoms with Crippen molar-refractivity contribution in [2.24, 2.45) is 4.99 Å². The minimum Gasteiger partial charge on any atom is -0.496 e. The van der Waals surface area contributed by atoms with Gasteiger partial charge in [0.15, 0.2) is 0 Å². The molecule has 0 radical (unpaired) electrons. The molecule has 88 valence electrons. The number of hydrogen-bond donors (Lipinski definition) is 0. The molecule has 0 saturated carbocycles. The van der Waals surface area contributed by atoms with Gasteiger partial charge in [-0.15, -0.1) is 11.8 Å². The molecule has 1 aromatic carbocycles. The van der Waals surface area contributed by atoms with Gasteiger partial charge in [0.25, 0.3) is 0 Å². The summed E-state index contributed by atoms with van der Waals surface area (Å²) in [5.74, 6) is 1.41. The fourth-order valence-corrected chi connectivity index (χ4v) is 2.14. The molecule has 0 bridgehead atoms. The Bertz CT molecular complexity index is 386. The van der Waals surface area contributed by atoms with Crippen molar-refractivity contribution >= 4 is 16.8 Å². The molecule has 16 heavy (non-hydrogen) atoms. The van der Waals surface area contributed by atoms with E-state index in [1.807, 2.05) is 19.4 Å². The van der Waals surface area contributed by atoms with Gasteiger partial charge in [0, 0.05) is 12.6 Å². The molecular formula is C13H19NOS. The lowest BCUT2D eigenvalue weighted by atomic mass is 10.0. The van der Waals surface area contributed by atoms with Crippen LogP contribution in [0.5, 0.6) is 5.75 Å². The molecule has 0 aliphatic carbocycles. The predicted molar refractivity (Wildman–Crippen MR) is 73.1 cm³/mol. The predicted octanol–water partition coefficient (Wildman–Crippen LogP) is 3.56. The Hall–Kier alpha value is -0.960. The van der Waals surface area contributed by atoms with Crippen molar-refractivity contribution in [2.45, 2.75) is 19.8 Å². The van der Waals surface area contributed by atoms with Gasteiger partial charge >= 0.3 is 0 Å². The molecule has 0 aromatic heterocycles. The number of hydrogen-bond acceptors (Lipinski definition) is 3. The number of nitrogens with zero attached hydrogens (tertiary/aromatic N) is 1. The number of thioether (sulfide) groups is 1. The van der Waals surface area contributed by atoms with Crippen molar-refractivity contribution < 1.29 is 4.74 Å². The summed E-state index contributed by atoms with van der Waals surface area (Å²) < 4.78 is 5.37. The molecule has 0 spiro atoms. The van der Waals surface area contributed by atoms with Gasteiger partial charge in [-0.1, -0.05) is 19.9 Å². The Labute approximate surface area is 102 Å². The van der Waals surface area contributed by atoms with Crippen LogP contribution < -0.4 is 4.74 Å². The van der Waals surface area contributed by atoms with Gasteiger partial charge < -0.3 is 4.74 Å². The summed E-state index contributed by atoms with van der Waals surface area (Å²) in [6.07, 6.45) is 2.03. The van der Waals surface area contributed by atoms with Crippen molar-refractivity contribution in [2.75, 3.05) is 20.4 Å². The van der Waals surface area contributed by atoms with Crippen LogP contribution in [-0.2, 0) is 0 Å². The normalized spacial score (nSPS) is 12.0. The molecule has 0 heterocycles. The van der Waals surface area contributed by atoms with Gasteiger partial charge in [-0.2, -0.15) is 0 Å². The fraction of sp³-hybridized carbons (Fsp3) is 0.462. The van der Waals surface area contributed by atoms with E-state index < -0.39 is 0 Å². The lowest BCUT2D eigenvalue weighted by molar-refractivity contribution is 0.414. The van der Waals surface area contributed by atoms with E-state index in [0.29, 0.717) is 5.92 Å². The third kappa shape index (κ3) is 2.79. The molecule has 0 atom stereocenters. The van der Waals surface area contributed by atoms with Crippen LogP contribution in [0.3, 0.4) is 0 Å². The van der Waals surface area contributed by atoms with Crippen LogP contribution in [0.1, 0.15) is 30.9 Å².